The summed E-state index contributed by atoms with van der Waals surface area (Å²) >= 11 is 0. The summed E-state index contributed by atoms with van der Waals surface area (Å²) < 4.78 is 5.66. The molecule has 0 aliphatic carbocycles. The number of nitrogens with two attached hydrogens (primary N) is 1. The summed E-state index contributed by atoms with van der Waals surface area (Å²) in [5.41, 5.74) is 11.1. The Morgan fingerprint density at radius 3 is 1.97 bits per heavy atom. The molecule has 5 nitrogen and oxygen atoms in total. The third kappa shape index (κ3) is 5.90. The summed E-state index contributed by atoms with van der Waals surface area (Å²) in [6.07, 6.45) is -0.0449. The van der Waals surface area contributed by atoms with Gasteiger partial charge in [-0.25, -0.2) is 14.8 Å². The van der Waals surface area contributed by atoms with Crippen molar-refractivity contribution in [1.29, 1.82) is 0 Å². The number of carbonyl (C=O) groups is 1. The van der Waals surface area contributed by atoms with Gasteiger partial charge in [0.15, 0.2) is 5.82 Å². The number of primary amides is 1. The predicted octanol–water partition coefficient (Wildman–Crippen LogP) is 7.17. The van der Waals surface area contributed by atoms with Gasteiger partial charge in [0.1, 0.15) is 6.10 Å². The second kappa shape index (κ2) is 11.3. The van der Waals surface area contributed by atoms with Crippen molar-refractivity contribution in [3.63, 3.8) is 0 Å². The van der Waals surface area contributed by atoms with Gasteiger partial charge < -0.3 is 10.5 Å². The zero-order chi connectivity index (χ0) is 25.5. The number of aryl methyl sites for hydroxylation is 1. The summed E-state index contributed by atoms with van der Waals surface area (Å²) in [6, 6.07) is 39.9. The molecule has 0 saturated heterocycles. The summed E-state index contributed by atoms with van der Waals surface area (Å²) in [7, 11) is 0. The lowest BCUT2D eigenvalue weighted by Crippen LogP contribution is -2.18. The van der Waals surface area contributed by atoms with Crippen molar-refractivity contribution < 1.29 is 9.53 Å². The van der Waals surface area contributed by atoms with Gasteiger partial charge >= 0.3 is 6.09 Å². The van der Waals surface area contributed by atoms with Crippen LogP contribution in [0.3, 0.4) is 0 Å². The molecule has 0 aliphatic rings. The molecule has 0 aliphatic heterocycles. The summed E-state index contributed by atoms with van der Waals surface area (Å²) in [4.78, 5) is 21.8. The van der Waals surface area contributed by atoms with E-state index >= 15 is 0 Å². The topological polar surface area (TPSA) is 77.6 Å². The lowest BCUT2D eigenvalue weighted by molar-refractivity contribution is 0.102. The zero-order valence-corrected chi connectivity index (χ0v) is 20.3. The number of aliphatic imine (C=N–C) groups is 1. The van der Waals surface area contributed by atoms with Crippen LogP contribution in [0.25, 0.3) is 10.9 Å². The highest BCUT2D eigenvalue weighted by Gasteiger charge is 2.20. The normalized spacial score (nSPS) is 11.6. The van der Waals surface area contributed by atoms with Crippen molar-refractivity contribution in [1.82, 2.24) is 4.98 Å². The molecule has 4 aromatic carbocycles. The molecule has 1 heterocycles. The Labute approximate surface area is 216 Å². The Kier molecular flexibility index (Phi) is 7.32. The second-order valence-corrected chi connectivity index (χ2v) is 8.73. The number of hydrogen-bond acceptors (Lipinski definition) is 4. The van der Waals surface area contributed by atoms with Crippen LogP contribution in [0.15, 0.2) is 126 Å². The van der Waals surface area contributed by atoms with Gasteiger partial charge in [0.25, 0.3) is 0 Å². The number of carbonyl (C=O) groups excluding carboxylic acids is 1. The maximum Gasteiger partial charge on any atom is 0.405 e. The molecule has 5 rings (SSSR count). The smallest absolute Gasteiger partial charge is 0.405 e. The standard InChI is InChI=1S/C32H27N3O2/c33-32(36)37-29(21-20-23-12-4-1-5-13-23)27-22-30(34-28-19-11-10-18-26(27)28)35-31(24-14-6-2-7-15-24)25-16-8-3-9-17-25/h1-19,22,29H,20-21H2,(H2,33,36)/t29-/m1/s1. The number of fused-ring (bicyclic) bond motifs is 1. The fourth-order valence-corrected chi connectivity index (χ4v) is 4.47. The molecule has 1 aromatic heterocycles. The van der Waals surface area contributed by atoms with E-state index in [1.165, 1.54) is 0 Å². The second-order valence-electron chi connectivity index (χ2n) is 8.73. The van der Waals surface area contributed by atoms with E-state index in [4.69, 9.17) is 20.4 Å². The molecule has 0 bridgehead atoms. The number of rotatable bonds is 8. The highest BCUT2D eigenvalue weighted by molar-refractivity contribution is 6.13. The number of para-hydroxylation sites is 1. The summed E-state index contributed by atoms with van der Waals surface area (Å²) in [5.74, 6) is 0.536. The number of nitrogens with zero attached hydrogens (tertiary/aromatic N) is 2. The maximum atomic E-state index is 11.9. The molecule has 0 fully saturated rings. The van der Waals surface area contributed by atoms with E-state index < -0.39 is 12.2 Å². The van der Waals surface area contributed by atoms with Crippen molar-refractivity contribution >= 4 is 28.5 Å². The quantitative estimate of drug-likeness (QED) is 0.237. The first kappa shape index (κ1) is 23.9. The molecule has 1 amide bonds. The summed E-state index contributed by atoms with van der Waals surface area (Å²) in [5, 5.41) is 0.904. The third-order valence-corrected chi connectivity index (χ3v) is 6.20. The van der Waals surface area contributed by atoms with Crippen LogP contribution >= 0.6 is 0 Å². The van der Waals surface area contributed by atoms with Crippen molar-refractivity contribution in [2.45, 2.75) is 18.9 Å². The fraction of sp³-hybridized carbons (Fsp3) is 0.0938. The van der Waals surface area contributed by atoms with Crippen LogP contribution in [0.2, 0.25) is 0 Å². The predicted molar refractivity (Wildman–Crippen MR) is 148 cm³/mol. The highest BCUT2D eigenvalue weighted by Crippen LogP contribution is 2.33. The Morgan fingerprint density at radius 2 is 1.35 bits per heavy atom. The van der Waals surface area contributed by atoms with E-state index in [1.54, 1.807) is 0 Å². The average molecular weight is 486 g/mol. The highest BCUT2D eigenvalue weighted by atomic mass is 16.6. The summed E-state index contributed by atoms with van der Waals surface area (Å²) in [6.45, 7) is 0. The van der Waals surface area contributed by atoms with E-state index in [-0.39, 0.29) is 0 Å². The lowest BCUT2D eigenvalue weighted by Gasteiger charge is -2.19. The number of ether oxygens (including phenoxy) is 1. The lowest BCUT2D eigenvalue weighted by atomic mass is 9.97. The maximum absolute atomic E-state index is 11.9. The third-order valence-electron chi connectivity index (χ3n) is 6.20. The van der Waals surface area contributed by atoms with E-state index in [2.05, 4.69) is 12.1 Å². The van der Waals surface area contributed by atoms with Gasteiger partial charge in [-0.3, -0.25) is 0 Å². The molecule has 0 saturated carbocycles. The van der Waals surface area contributed by atoms with E-state index in [0.29, 0.717) is 12.2 Å². The molecule has 0 spiro atoms. The van der Waals surface area contributed by atoms with Crippen LogP contribution < -0.4 is 5.73 Å². The van der Waals surface area contributed by atoms with Gasteiger partial charge in [-0.2, -0.15) is 0 Å². The SMILES string of the molecule is NC(=O)O[C@H](CCc1ccccc1)c1cc(N=C(c2ccccc2)c2ccccc2)nc2ccccc12. The largest absolute Gasteiger partial charge is 0.441 e. The molecule has 37 heavy (non-hydrogen) atoms. The Morgan fingerprint density at radius 1 is 0.784 bits per heavy atom. The molecular formula is C32H27N3O2. The number of pyridine rings is 1. The first-order chi connectivity index (χ1) is 18.2. The number of amides is 1. The number of hydrogen-bond donors (Lipinski definition) is 1. The van der Waals surface area contributed by atoms with E-state index in [0.717, 1.165) is 45.3 Å². The minimum absolute atomic E-state index is 0.536. The van der Waals surface area contributed by atoms with Crippen molar-refractivity contribution in [2.24, 2.45) is 10.7 Å². The first-order valence-electron chi connectivity index (χ1n) is 12.3. The Bertz CT molecular complexity index is 1480. The van der Waals surface area contributed by atoms with Gasteiger partial charge in [0, 0.05) is 22.1 Å². The van der Waals surface area contributed by atoms with Crippen molar-refractivity contribution in [3.8, 4) is 0 Å². The molecule has 2 N–H and O–H groups in total. The van der Waals surface area contributed by atoms with Crippen LogP contribution in [0.1, 0.15) is 34.8 Å². The Hall–Kier alpha value is -4.77. The zero-order valence-electron chi connectivity index (χ0n) is 20.3. The molecular weight excluding hydrogens is 458 g/mol. The van der Waals surface area contributed by atoms with Crippen molar-refractivity contribution in [2.75, 3.05) is 0 Å². The number of benzene rings is 4. The molecule has 5 aromatic rings. The van der Waals surface area contributed by atoms with Crippen molar-refractivity contribution in [3.05, 3.63) is 144 Å². The molecule has 0 unspecified atom stereocenters. The van der Waals surface area contributed by atoms with Crippen LogP contribution in [-0.4, -0.2) is 16.8 Å². The van der Waals surface area contributed by atoms with E-state index in [1.807, 2.05) is 109 Å². The molecule has 0 radical (unpaired) electrons. The minimum Gasteiger partial charge on any atom is -0.441 e. The van der Waals surface area contributed by atoms with E-state index in [9.17, 15) is 4.79 Å². The number of aromatic nitrogens is 1. The van der Waals surface area contributed by atoms with Gasteiger partial charge in [-0.05, 0) is 30.5 Å². The minimum atomic E-state index is -0.807. The molecule has 5 heteroatoms. The molecule has 1 atom stereocenters. The van der Waals surface area contributed by atoms with Crippen LogP contribution in [-0.2, 0) is 11.2 Å². The van der Waals surface area contributed by atoms with Crippen LogP contribution in [0, 0.1) is 0 Å². The van der Waals surface area contributed by atoms with Gasteiger partial charge in [0.2, 0.25) is 0 Å². The van der Waals surface area contributed by atoms with Gasteiger partial charge in [-0.1, -0.05) is 109 Å². The van der Waals surface area contributed by atoms with Crippen LogP contribution in [0.5, 0.6) is 0 Å². The first-order valence-corrected chi connectivity index (χ1v) is 12.3. The Balaban J connectivity index is 1.62. The van der Waals surface area contributed by atoms with Gasteiger partial charge in [-0.15, -0.1) is 0 Å². The van der Waals surface area contributed by atoms with Crippen LogP contribution in [0.4, 0.5) is 10.6 Å². The van der Waals surface area contributed by atoms with Gasteiger partial charge in [0.05, 0.1) is 11.2 Å². The average Bonchev–Trinajstić information content (AvgIpc) is 2.95. The monoisotopic (exact) mass is 485 g/mol. The molecule has 182 valence electrons. The fourth-order valence-electron chi connectivity index (χ4n) is 4.47.